The van der Waals surface area contributed by atoms with Crippen LogP contribution in [0.3, 0.4) is 0 Å². The Hall–Kier alpha value is -1.66. The largest absolute Gasteiger partial charge is 0.466 e. The van der Waals surface area contributed by atoms with E-state index in [1.54, 1.807) is 0 Å². The fourth-order valence-electron chi connectivity index (χ4n) is 6.37. The molecule has 1 amide bonds. The van der Waals surface area contributed by atoms with Crippen molar-refractivity contribution in [1.29, 1.82) is 0 Å². The van der Waals surface area contributed by atoms with Gasteiger partial charge in [-0.3, -0.25) is 9.59 Å². The molecule has 0 rings (SSSR count). The number of aliphatic hydroxyl groups excluding tert-OH is 2. The van der Waals surface area contributed by atoms with Gasteiger partial charge >= 0.3 is 5.97 Å². The fourth-order valence-corrected chi connectivity index (χ4v) is 6.37. The van der Waals surface area contributed by atoms with E-state index >= 15 is 0 Å². The lowest BCUT2D eigenvalue weighted by molar-refractivity contribution is -0.143. The molecular formula is C44H83NO5. The van der Waals surface area contributed by atoms with Crippen LogP contribution in [0.5, 0.6) is 0 Å². The van der Waals surface area contributed by atoms with Crippen LogP contribution in [0.25, 0.3) is 0 Å². The van der Waals surface area contributed by atoms with Crippen LogP contribution in [0.1, 0.15) is 219 Å². The van der Waals surface area contributed by atoms with Gasteiger partial charge in [-0.1, -0.05) is 173 Å². The van der Waals surface area contributed by atoms with Gasteiger partial charge in [-0.05, 0) is 57.8 Å². The molecule has 0 aromatic rings. The minimum Gasteiger partial charge on any atom is -0.466 e. The van der Waals surface area contributed by atoms with Crippen molar-refractivity contribution in [2.75, 3.05) is 13.2 Å². The van der Waals surface area contributed by atoms with Gasteiger partial charge in [0.2, 0.25) is 5.91 Å². The number of nitrogens with one attached hydrogen (secondary N) is 1. The molecule has 0 spiro atoms. The number of aliphatic hydroxyl groups is 2. The molecule has 50 heavy (non-hydrogen) atoms. The molecule has 0 aliphatic heterocycles. The number of carbonyl (C=O) groups is 2. The Morgan fingerprint density at radius 1 is 0.560 bits per heavy atom. The van der Waals surface area contributed by atoms with Crippen LogP contribution in [0, 0.1) is 0 Å². The summed E-state index contributed by atoms with van der Waals surface area (Å²) in [6, 6.07) is -0.560. The van der Waals surface area contributed by atoms with Gasteiger partial charge < -0.3 is 20.3 Å². The molecule has 6 nitrogen and oxygen atoms in total. The highest BCUT2D eigenvalue weighted by molar-refractivity contribution is 5.76. The molecular weight excluding hydrogens is 622 g/mol. The van der Waals surface area contributed by atoms with Crippen LogP contribution in [-0.4, -0.2) is 47.4 Å². The van der Waals surface area contributed by atoms with E-state index in [2.05, 4.69) is 43.5 Å². The van der Waals surface area contributed by atoms with Crippen molar-refractivity contribution in [2.45, 2.75) is 231 Å². The van der Waals surface area contributed by atoms with E-state index in [0.717, 1.165) is 70.6 Å². The molecule has 294 valence electrons. The van der Waals surface area contributed by atoms with E-state index in [1.165, 1.54) is 116 Å². The molecule has 0 aliphatic carbocycles. The Balaban J connectivity index is 3.50. The standard InChI is InChI=1S/C44H83NO5/c1-3-5-7-9-11-13-14-15-16-17-18-22-26-30-34-38-44(49)50-39-35-31-27-23-19-21-25-29-33-37-43(48)45-41(40-46)42(47)36-32-28-24-20-12-10-8-6-4-2/h11,13,15-16,41-42,46-47H,3-10,12,14,17-40H2,1-2H3,(H,45,48)/b13-11-,16-15-. The minimum absolute atomic E-state index is 0.0403. The number of carbonyl (C=O) groups excluding carboxylic acids is 2. The third-order valence-corrected chi connectivity index (χ3v) is 9.75. The van der Waals surface area contributed by atoms with Crippen molar-refractivity contribution < 1.29 is 24.5 Å². The average Bonchev–Trinajstić information content (AvgIpc) is 3.11. The Morgan fingerprint density at radius 2 is 1.00 bits per heavy atom. The molecule has 3 N–H and O–H groups in total. The van der Waals surface area contributed by atoms with Crippen molar-refractivity contribution in [3.63, 3.8) is 0 Å². The maximum Gasteiger partial charge on any atom is 0.305 e. The maximum absolute atomic E-state index is 12.3. The van der Waals surface area contributed by atoms with E-state index in [-0.39, 0.29) is 18.5 Å². The lowest BCUT2D eigenvalue weighted by atomic mass is 10.0. The SMILES string of the molecule is CCCCC/C=C\C/C=C\CCCCCCCC(=O)OCCCCCCCCCCCC(=O)NC(CO)C(O)CCCCCCCCCCC. The monoisotopic (exact) mass is 706 g/mol. The van der Waals surface area contributed by atoms with Crippen LogP contribution in [0.4, 0.5) is 0 Å². The second-order valence-electron chi connectivity index (χ2n) is 14.7. The topological polar surface area (TPSA) is 95.9 Å². The third kappa shape index (κ3) is 36.1. The molecule has 0 radical (unpaired) electrons. The first-order valence-electron chi connectivity index (χ1n) is 21.6. The summed E-state index contributed by atoms with van der Waals surface area (Å²) in [6.45, 7) is 4.81. The lowest BCUT2D eigenvalue weighted by Crippen LogP contribution is -2.45. The summed E-state index contributed by atoms with van der Waals surface area (Å²) < 4.78 is 5.43. The van der Waals surface area contributed by atoms with Crippen LogP contribution < -0.4 is 5.32 Å². The molecule has 0 aromatic carbocycles. The molecule has 2 atom stereocenters. The Morgan fingerprint density at radius 3 is 1.56 bits per heavy atom. The van der Waals surface area contributed by atoms with Crippen molar-refractivity contribution >= 4 is 11.9 Å². The van der Waals surface area contributed by atoms with Gasteiger partial charge in [0, 0.05) is 12.8 Å². The van der Waals surface area contributed by atoms with Crippen LogP contribution in [-0.2, 0) is 14.3 Å². The Kier molecular flexibility index (Phi) is 38.8. The van der Waals surface area contributed by atoms with E-state index in [1.807, 2.05) is 0 Å². The number of allylic oxidation sites excluding steroid dienone is 4. The van der Waals surface area contributed by atoms with E-state index < -0.39 is 12.1 Å². The van der Waals surface area contributed by atoms with Crippen LogP contribution >= 0.6 is 0 Å². The molecule has 6 heteroatoms. The summed E-state index contributed by atoms with van der Waals surface area (Å²) >= 11 is 0. The van der Waals surface area contributed by atoms with Gasteiger partial charge in [0.1, 0.15) is 0 Å². The smallest absolute Gasteiger partial charge is 0.305 e. The number of unbranched alkanes of at least 4 members (excludes halogenated alkanes) is 24. The molecule has 0 aromatic heterocycles. The quantitative estimate of drug-likeness (QED) is 0.0336. The summed E-state index contributed by atoms with van der Waals surface area (Å²) in [6.07, 6.45) is 44.1. The maximum atomic E-state index is 12.3. The highest BCUT2D eigenvalue weighted by Crippen LogP contribution is 2.14. The fraction of sp³-hybridized carbons (Fsp3) is 0.864. The number of amides is 1. The van der Waals surface area contributed by atoms with Crippen LogP contribution in [0.2, 0.25) is 0 Å². The zero-order valence-corrected chi connectivity index (χ0v) is 33.1. The number of hydrogen-bond acceptors (Lipinski definition) is 5. The number of esters is 1. The lowest BCUT2D eigenvalue weighted by Gasteiger charge is -2.22. The van der Waals surface area contributed by atoms with E-state index in [0.29, 0.717) is 25.9 Å². The molecule has 0 aliphatic rings. The predicted molar refractivity (Wildman–Crippen MR) is 213 cm³/mol. The van der Waals surface area contributed by atoms with Gasteiger partial charge in [0.25, 0.3) is 0 Å². The summed E-state index contributed by atoms with van der Waals surface area (Å²) in [5.41, 5.74) is 0. The third-order valence-electron chi connectivity index (χ3n) is 9.75. The second-order valence-corrected chi connectivity index (χ2v) is 14.7. The van der Waals surface area contributed by atoms with Gasteiger partial charge in [-0.15, -0.1) is 0 Å². The highest BCUT2D eigenvalue weighted by Gasteiger charge is 2.20. The number of rotatable bonds is 39. The normalized spacial score (nSPS) is 13.0. The second kappa shape index (κ2) is 40.1. The Labute approximate surface area is 310 Å². The van der Waals surface area contributed by atoms with Gasteiger partial charge in [-0.2, -0.15) is 0 Å². The highest BCUT2D eigenvalue weighted by atomic mass is 16.5. The van der Waals surface area contributed by atoms with Crippen molar-refractivity contribution in [3.8, 4) is 0 Å². The average molecular weight is 706 g/mol. The molecule has 0 saturated carbocycles. The van der Waals surface area contributed by atoms with Gasteiger partial charge in [0.05, 0.1) is 25.4 Å². The molecule has 0 fully saturated rings. The first-order chi connectivity index (χ1) is 24.5. The summed E-state index contributed by atoms with van der Waals surface area (Å²) in [7, 11) is 0. The van der Waals surface area contributed by atoms with E-state index in [9.17, 15) is 19.8 Å². The Bertz CT molecular complexity index is 782. The first kappa shape index (κ1) is 48.3. The van der Waals surface area contributed by atoms with Crippen LogP contribution in [0.15, 0.2) is 24.3 Å². The zero-order valence-electron chi connectivity index (χ0n) is 33.1. The summed E-state index contributed by atoms with van der Waals surface area (Å²) in [5, 5.41) is 23.0. The summed E-state index contributed by atoms with van der Waals surface area (Å²) in [5.74, 6) is -0.108. The summed E-state index contributed by atoms with van der Waals surface area (Å²) in [4.78, 5) is 24.3. The molecule has 0 heterocycles. The molecule has 0 bridgehead atoms. The van der Waals surface area contributed by atoms with Crippen molar-refractivity contribution in [1.82, 2.24) is 5.32 Å². The molecule has 2 unspecified atom stereocenters. The minimum atomic E-state index is -0.679. The molecule has 0 saturated heterocycles. The van der Waals surface area contributed by atoms with Gasteiger partial charge in [-0.25, -0.2) is 0 Å². The number of ether oxygens (including phenoxy) is 1. The number of hydrogen-bond donors (Lipinski definition) is 3. The zero-order chi connectivity index (χ0) is 36.6. The predicted octanol–water partition coefficient (Wildman–Crippen LogP) is 12.0. The first-order valence-corrected chi connectivity index (χ1v) is 21.6. The van der Waals surface area contributed by atoms with E-state index in [4.69, 9.17) is 4.74 Å². The van der Waals surface area contributed by atoms with Crippen molar-refractivity contribution in [3.05, 3.63) is 24.3 Å². The van der Waals surface area contributed by atoms with Gasteiger partial charge in [0.15, 0.2) is 0 Å². The van der Waals surface area contributed by atoms with Crippen molar-refractivity contribution in [2.24, 2.45) is 0 Å².